The fraction of sp³-hybridized carbons (Fsp3) is 0.471. The fourth-order valence-electron chi connectivity index (χ4n) is 3.06. The molecule has 0 N–H and O–H groups in total. The summed E-state index contributed by atoms with van der Waals surface area (Å²) >= 11 is 2.11. The van der Waals surface area contributed by atoms with E-state index in [0.29, 0.717) is 24.2 Å². The van der Waals surface area contributed by atoms with Crippen molar-refractivity contribution in [2.24, 2.45) is 0 Å². The molecule has 1 atom stereocenters. The quantitative estimate of drug-likeness (QED) is 0.579. The Morgan fingerprint density at radius 2 is 2.00 bits per heavy atom. The van der Waals surface area contributed by atoms with Gasteiger partial charge < -0.3 is 9.64 Å². The van der Waals surface area contributed by atoms with Crippen LogP contribution in [0.1, 0.15) is 44.0 Å². The largest absolute Gasteiger partial charge is 0.443 e. The zero-order chi connectivity index (χ0) is 17.6. The molecule has 24 heavy (non-hydrogen) atoms. The van der Waals surface area contributed by atoms with Gasteiger partial charge in [-0.2, -0.15) is 0 Å². The van der Waals surface area contributed by atoms with E-state index in [1.165, 1.54) is 0 Å². The van der Waals surface area contributed by atoms with Crippen LogP contribution in [0.25, 0.3) is 0 Å². The molecule has 1 aromatic carbocycles. The topological polar surface area (TPSA) is 66.9 Å². The van der Waals surface area contributed by atoms with Gasteiger partial charge >= 0.3 is 6.09 Å². The highest BCUT2D eigenvalue weighted by Crippen LogP contribution is 2.34. The number of ether oxygens (including phenoxy) is 1. The van der Waals surface area contributed by atoms with Crippen molar-refractivity contribution in [3.8, 4) is 0 Å². The highest BCUT2D eigenvalue weighted by molar-refractivity contribution is 14.1. The summed E-state index contributed by atoms with van der Waals surface area (Å²) in [7, 11) is 0. The highest BCUT2D eigenvalue weighted by Gasteiger charge is 2.45. The summed E-state index contributed by atoms with van der Waals surface area (Å²) in [5, 5.41) is 0. The van der Waals surface area contributed by atoms with Crippen LogP contribution in [-0.4, -0.2) is 41.0 Å². The molecule has 1 aromatic rings. The van der Waals surface area contributed by atoms with Crippen molar-refractivity contribution in [1.29, 1.82) is 0 Å². The maximum absolute atomic E-state index is 13.0. The molecule has 128 valence electrons. The van der Waals surface area contributed by atoms with Gasteiger partial charge in [-0.15, -0.1) is 0 Å². The average Bonchev–Trinajstić information content (AvgIpc) is 2.92. The van der Waals surface area contributed by atoms with Crippen LogP contribution in [0.5, 0.6) is 0 Å². The van der Waals surface area contributed by atoms with Gasteiger partial charge in [-0.1, -0.05) is 0 Å². The minimum Gasteiger partial charge on any atom is -0.443 e. The molecule has 1 saturated heterocycles. The molecule has 3 rings (SSSR count). The molecule has 2 aliphatic heterocycles. The van der Waals surface area contributed by atoms with Crippen LogP contribution in [0.4, 0.5) is 10.5 Å². The van der Waals surface area contributed by atoms with E-state index in [-0.39, 0.29) is 5.91 Å². The third kappa shape index (κ3) is 3.01. The van der Waals surface area contributed by atoms with Crippen molar-refractivity contribution in [2.45, 2.75) is 45.3 Å². The third-order valence-corrected chi connectivity index (χ3v) is 4.70. The van der Waals surface area contributed by atoms with E-state index in [2.05, 4.69) is 22.6 Å². The van der Waals surface area contributed by atoms with Gasteiger partial charge in [0.05, 0.1) is 11.3 Å². The Kier molecular flexibility index (Phi) is 4.31. The first kappa shape index (κ1) is 17.2. The Bertz CT molecular complexity index is 726. The number of amides is 3. The molecule has 7 heteroatoms. The predicted octanol–water partition coefficient (Wildman–Crippen LogP) is 3.18. The van der Waals surface area contributed by atoms with E-state index < -0.39 is 23.6 Å². The van der Waals surface area contributed by atoms with Gasteiger partial charge in [0.25, 0.3) is 11.8 Å². The van der Waals surface area contributed by atoms with Gasteiger partial charge in [0.15, 0.2) is 0 Å². The first-order chi connectivity index (χ1) is 11.2. The minimum absolute atomic E-state index is 0.203. The second kappa shape index (κ2) is 6.02. The van der Waals surface area contributed by atoms with Crippen LogP contribution >= 0.6 is 22.6 Å². The molecule has 0 aliphatic carbocycles. The maximum atomic E-state index is 13.0. The fourth-order valence-corrected chi connectivity index (χ4v) is 3.55. The number of halogens is 1. The summed E-state index contributed by atoms with van der Waals surface area (Å²) < 4.78 is 6.28. The van der Waals surface area contributed by atoms with Crippen LogP contribution in [-0.2, 0) is 9.53 Å². The molecule has 3 amide bonds. The minimum atomic E-state index is -0.739. The molecule has 0 saturated carbocycles. The highest BCUT2D eigenvalue weighted by atomic mass is 127. The molecule has 0 unspecified atom stereocenters. The lowest BCUT2D eigenvalue weighted by Crippen LogP contribution is -2.48. The number of imide groups is 1. The summed E-state index contributed by atoms with van der Waals surface area (Å²) in [4.78, 5) is 41.1. The number of carbonyl (C=O) groups is 3. The lowest BCUT2D eigenvalue weighted by atomic mass is 10.1. The van der Waals surface area contributed by atoms with Crippen LogP contribution in [0.2, 0.25) is 0 Å². The normalized spacial score (nSPS) is 20.6. The van der Waals surface area contributed by atoms with Gasteiger partial charge in [-0.05, 0) is 74.4 Å². The first-order valence-corrected chi connectivity index (χ1v) is 8.94. The van der Waals surface area contributed by atoms with Gasteiger partial charge in [-0.25, -0.2) is 9.69 Å². The number of nitrogens with zero attached hydrogens (tertiary/aromatic N) is 2. The number of fused-ring (bicyclic) bond motifs is 2. The second-order valence-electron chi connectivity index (χ2n) is 6.97. The van der Waals surface area contributed by atoms with Gasteiger partial charge in [0.2, 0.25) is 0 Å². The van der Waals surface area contributed by atoms with Crippen molar-refractivity contribution < 1.29 is 19.1 Å². The van der Waals surface area contributed by atoms with Gasteiger partial charge in [-0.3, -0.25) is 9.59 Å². The summed E-state index contributed by atoms with van der Waals surface area (Å²) in [5.41, 5.74) is -0.0635. The van der Waals surface area contributed by atoms with Crippen molar-refractivity contribution in [3.05, 3.63) is 27.3 Å². The molecule has 2 heterocycles. The van der Waals surface area contributed by atoms with Crippen LogP contribution in [0.15, 0.2) is 18.2 Å². The Morgan fingerprint density at radius 1 is 1.29 bits per heavy atom. The standard InChI is InChI=1S/C17H19IN2O4/c1-17(2,3)24-16(23)20-12-7-6-10(18)9-11(12)14(21)19-8-4-5-13(19)15(20)22/h6-7,9,13H,4-5,8H2,1-3H3/t13-/m0/s1. The smallest absolute Gasteiger partial charge is 0.421 e. The number of rotatable bonds is 0. The summed E-state index contributed by atoms with van der Waals surface area (Å²) in [6, 6.07) is 4.52. The zero-order valence-corrected chi connectivity index (χ0v) is 16.0. The van der Waals surface area contributed by atoms with E-state index in [1.807, 2.05) is 0 Å². The molecule has 0 radical (unpaired) electrons. The molecular weight excluding hydrogens is 423 g/mol. The van der Waals surface area contributed by atoms with E-state index in [0.717, 1.165) is 14.9 Å². The van der Waals surface area contributed by atoms with Crippen molar-refractivity contribution in [1.82, 2.24) is 4.90 Å². The molecule has 1 fully saturated rings. The average molecular weight is 442 g/mol. The number of carbonyl (C=O) groups excluding carboxylic acids is 3. The Balaban J connectivity index is 2.12. The monoisotopic (exact) mass is 442 g/mol. The molecule has 0 aromatic heterocycles. The lowest BCUT2D eigenvalue weighted by Gasteiger charge is -2.27. The van der Waals surface area contributed by atoms with E-state index >= 15 is 0 Å². The Labute approximate surface area is 154 Å². The summed E-state index contributed by atoms with van der Waals surface area (Å²) in [6.45, 7) is 5.77. The van der Waals surface area contributed by atoms with Crippen molar-refractivity contribution in [2.75, 3.05) is 11.4 Å². The number of anilines is 1. The number of hydrogen-bond donors (Lipinski definition) is 0. The number of benzene rings is 1. The molecule has 2 aliphatic rings. The van der Waals surface area contributed by atoms with Crippen LogP contribution in [0.3, 0.4) is 0 Å². The van der Waals surface area contributed by atoms with Gasteiger partial charge in [0, 0.05) is 10.1 Å². The summed E-state index contributed by atoms with van der Waals surface area (Å²) in [5.74, 6) is -0.597. The van der Waals surface area contributed by atoms with Crippen LogP contribution in [0, 0.1) is 3.57 Å². The van der Waals surface area contributed by atoms with E-state index in [1.54, 1.807) is 43.9 Å². The number of hydrogen-bond acceptors (Lipinski definition) is 4. The second-order valence-corrected chi connectivity index (χ2v) is 8.22. The van der Waals surface area contributed by atoms with Crippen molar-refractivity contribution >= 4 is 46.2 Å². The third-order valence-electron chi connectivity index (χ3n) is 4.03. The van der Waals surface area contributed by atoms with Crippen molar-refractivity contribution in [3.63, 3.8) is 0 Å². The Hall–Kier alpha value is -1.64. The maximum Gasteiger partial charge on any atom is 0.421 e. The SMILES string of the molecule is CC(C)(C)OC(=O)N1C(=O)[C@@H]2CCCN2C(=O)c2cc(I)ccc21. The summed E-state index contributed by atoms with van der Waals surface area (Å²) in [6.07, 6.45) is 0.579. The van der Waals surface area contributed by atoms with Gasteiger partial charge in [0.1, 0.15) is 11.6 Å². The molecular formula is C17H19IN2O4. The molecule has 0 bridgehead atoms. The van der Waals surface area contributed by atoms with E-state index in [9.17, 15) is 14.4 Å². The first-order valence-electron chi connectivity index (χ1n) is 7.86. The Morgan fingerprint density at radius 3 is 2.67 bits per heavy atom. The predicted molar refractivity (Wildman–Crippen MR) is 96.9 cm³/mol. The molecule has 6 nitrogen and oxygen atoms in total. The van der Waals surface area contributed by atoms with Crippen LogP contribution < -0.4 is 4.90 Å². The lowest BCUT2D eigenvalue weighted by molar-refractivity contribution is -0.121. The zero-order valence-electron chi connectivity index (χ0n) is 13.8. The van der Waals surface area contributed by atoms with E-state index in [4.69, 9.17) is 4.74 Å². The molecule has 0 spiro atoms.